The lowest BCUT2D eigenvalue weighted by Gasteiger charge is -2.22. The number of carbonyl (C=O) groups is 3. The Morgan fingerprint density at radius 2 is 1.67 bits per heavy atom. The Bertz CT molecular complexity index is 478. The largest absolute Gasteiger partial charge is 0.480 e. The van der Waals surface area contributed by atoms with Crippen LogP contribution in [-0.2, 0) is 14.3 Å². The summed E-state index contributed by atoms with van der Waals surface area (Å²) in [5, 5.41) is 8.75. The molecule has 0 heterocycles. The topological polar surface area (TPSA) is 158 Å². The van der Waals surface area contributed by atoms with Gasteiger partial charge in [0.15, 0.2) is 0 Å². The molecule has 0 fully saturated rings. The number of aliphatic imine (C=N–C) groups is 1. The van der Waals surface area contributed by atoms with Gasteiger partial charge in [-0.3, -0.25) is 4.79 Å². The highest BCUT2D eigenvalue weighted by Crippen LogP contribution is 2.04. The van der Waals surface area contributed by atoms with E-state index in [1.807, 2.05) is 0 Å². The van der Waals surface area contributed by atoms with Crippen LogP contribution in [0.1, 0.15) is 40.5 Å². The van der Waals surface area contributed by atoms with E-state index < -0.39 is 42.4 Å². The van der Waals surface area contributed by atoms with Crippen molar-refractivity contribution in [3.63, 3.8) is 0 Å². The molecule has 0 spiro atoms. The zero-order chi connectivity index (χ0) is 18.9. The summed E-state index contributed by atoms with van der Waals surface area (Å²) < 4.78 is 9.85. The van der Waals surface area contributed by atoms with Crippen LogP contribution in [0.3, 0.4) is 0 Å². The molecule has 0 aliphatic carbocycles. The van der Waals surface area contributed by atoms with Gasteiger partial charge >= 0.3 is 18.2 Å². The number of hydrogen-bond donors (Lipinski definition) is 3. The van der Waals surface area contributed by atoms with Crippen molar-refractivity contribution in [3.05, 3.63) is 0 Å². The minimum absolute atomic E-state index is 0.00315. The summed E-state index contributed by atoms with van der Waals surface area (Å²) in [6.45, 7) is 6.58. The van der Waals surface area contributed by atoms with Crippen molar-refractivity contribution < 1.29 is 29.0 Å². The summed E-state index contributed by atoms with van der Waals surface area (Å²) in [7, 11) is 0. The van der Waals surface area contributed by atoms with Crippen LogP contribution < -0.4 is 11.5 Å². The molecule has 5 N–H and O–H groups in total. The maximum absolute atomic E-state index is 12.1. The lowest BCUT2D eigenvalue weighted by molar-refractivity contribution is -0.138. The second-order valence-corrected chi connectivity index (χ2v) is 5.57. The first-order valence-electron chi connectivity index (χ1n) is 7.55. The standard InChI is InChI=1S/C14H26N4O6/c1-8(2)23-13(21)17-12(16)18(14(22)24-9(3)4)7-5-6-10(15)11(19)20/h8-10H,5-7,15H2,1-4H3,(H,19,20)(H2,16,17,21)/t10-/m0/s1. The maximum atomic E-state index is 12.1. The SMILES string of the molecule is CC(C)OC(=O)/N=C(\N)N(CCC[C@H](N)C(=O)O)C(=O)OC(C)C. The van der Waals surface area contributed by atoms with Gasteiger partial charge in [-0.2, -0.15) is 0 Å². The fourth-order valence-electron chi connectivity index (χ4n) is 1.54. The smallest absolute Gasteiger partial charge is 0.437 e. The third-order valence-electron chi connectivity index (χ3n) is 2.59. The fraction of sp³-hybridized carbons (Fsp3) is 0.714. The molecule has 0 saturated heterocycles. The first-order valence-corrected chi connectivity index (χ1v) is 7.55. The Balaban J connectivity index is 4.97. The molecule has 0 rings (SSSR count). The van der Waals surface area contributed by atoms with Gasteiger partial charge in [-0.05, 0) is 40.5 Å². The number of rotatable bonds is 7. The van der Waals surface area contributed by atoms with Crippen molar-refractivity contribution in [1.29, 1.82) is 0 Å². The number of guanidine groups is 1. The fourth-order valence-corrected chi connectivity index (χ4v) is 1.54. The number of nitrogens with two attached hydrogens (primary N) is 2. The number of amides is 2. The minimum atomic E-state index is -1.14. The Labute approximate surface area is 140 Å². The van der Waals surface area contributed by atoms with Crippen LogP contribution in [-0.4, -0.2) is 58.9 Å². The quantitative estimate of drug-likeness (QED) is 0.453. The van der Waals surface area contributed by atoms with E-state index >= 15 is 0 Å². The van der Waals surface area contributed by atoms with Gasteiger partial charge in [-0.1, -0.05) is 0 Å². The van der Waals surface area contributed by atoms with E-state index in [1.54, 1.807) is 27.7 Å². The molecule has 0 aliphatic heterocycles. The van der Waals surface area contributed by atoms with E-state index in [9.17, 15) is 14.4 Å². The van der Waals surface area contributed by atoms with E-state index in [4.69, 9.17) is 26.0 Å². The molecule has 0 unspecified atom stereocenters. The third-order valence-corrected chi connectivity index (χ3v) is 2.59. The predicted molar refractivity (Wildman–Crippen MR) is 86.4 cm³/mol. The summed E-state index contributed by atoms with van der Waals surface area (Å²) in [6.07, 6.45) is -2.18. The molecular weight excluding hydrogens is 320 g/mol. The molecule has 0 aliphatic rings. The van der Waals surface area contributed by atoms with Gasteiger partial charge in [0.1, 0.15) is 6.04 Å². The Kier molecular flexibility index (Phi) is 9.40. The maximum Gasteiger partial charge on any atom is 0.437 e. The molecular formula is C14H26N4O6. The van der Waals surface area contributed by atoms with Gasteiger partial charge < -0.3 is 26.0 Å². The molecule has 0 radical (unpaired) electrons. The molecule has 2 amide bonds. The normalized spacial score (nSPS) is 12.9. The molecule has 0 aromatic heterocycles. The summed E-state index contributed by atoms with van der Waals surface area (Å²) in [5.41, 5.74) is 11.1. The lowest BCUT2D eigenvalue weighted by atomic mass is 10.1. The average molecular weight is 346 g/mol. The number of ether oxygens (including phenoxy) is 2. The van der Waals surface area contributed by atoms with E-state index in [0.29, 0.717) is 0 Å². The number of carbonyl (C=O) groups excluding carboxylic acids is 2. The summed E-state index contributed by atoms with van der Waals surface area (Å²) in [6, 6.07) is -1.06. The molecule has 10 nitrogen and oxygen atoms in total. The van der Waals surface area contributed by atoms with Crippen LogP contribution in [0.4, 0.5) is 9.59 Å². The highest BCUT2D eigenvalue weighted by atomic mass is 16.6. The van der Waals surface area contributed by atoms with Crippen LogP contribution in [0.5, 0.6) is 0 Å². The number of hydrogen-bond acceptors (Lipinski definition) is 6. The zero-order valence-corrected chi connectivity index (χ0v) is 14.4. The van der Waals surface area contributed by atoms with Gasteiger partial charge in [-0.15, -0.1) is 4.99 Å². The summed E-state index contributed by atoms with van der Waals surface area (Å²) in [5.74, 6) is -1.54. The van der Waals surface area contributed by atoms with Crippen molar-refractivity contribution in [2.24, 2.45) is 16.5 Å². The number of aliphatic carboxylic acids is 1. The van der Waals surface area contributed by atoms with Gasteiger partial charge in [0.2, 0.25) is 5.96 Å². The third kappa shape index (κ3) is 8.93. The van der Waals surface area contributed by atoms with Crippen LogP contribution in [0.15, 0.2) is 4.99 Å². The first kappa shape index (κ1) is 21.6. The highest BCUT2D eigenvalue weighted by molar-refractivity contribution is 5.98. The van der Waals surface area contributed by atoms with Gasteiger partial charge in [0.05, 0.1) is 12.2 Å². The van der Waals surface area contributed by atoms with E-state index in [2.05, 4.69) is 4.99 Å². The Hall–Kier alpha value is -2.36. The van der Waals surface area contributed by atoms with Crippen molar-refractivity contribution in [2.45, 2.75) is 58.8 Å². The molecule has 24 heavy (non-hydrogen) atoms. The molecule has 0 bridgehead atoms. The van der Waals surface area contributed by atoms with Crippen LogP contribution >= 0.6 is 0 Å². The Morgan fingerprint density at radius 1 is 1.12 bits per heavy atom. The highest BCUT2D eigenvalue weighted by Gasteiger charge is 2.22. The van der Waals surface area contributed by atoms with Crippen molar-refractivity contribution in [1.82, 2.24) is 4.90 Å². The number of carboxylic acids is 1. The molecule has 0 aromatic rings. The lowest BCUT2D eigenvalue weighted by Crippen LogP contribution is -2.44. The molecule has 0 saturated carbocycles. The molecule has 1 atom stereocenters. The van der Waals surface area contributed by atoms with Crippen molar-refractivity contribution >= 4 is 24.1 Å². The van der Waals surface area contributed by atoms with Crippen LogP contribution in [0.2, 0.25) is 0 Å². The Morgan fingerprint density at radius 3 is 2.12 bits per heavy atom. The van der Waals surface area contributed by atoms with E-state index in [1.165, 1.54) is 0 Å². The van der Waals surface area contributed by atoms with Crippen LogP contribution in [0, 0.1) is 0 Å². The molecule has 138 valence electrons. The van der Waals surface area contributed by atoms with Gasteiger partial charge in [0.25, 0.3) is 0 Å². The van der Waals surface area contributed by atoms with Crippen LogP contribution in [0.25, 0.3) is 0 Å². The minimum Gasteiger partial charge on any atom is -0.480 e. The molecule has 10 heteroatoms. The first-order chi connectivity index (χ1) is 11.0. The van der Waals surface area contributed by atoms with Crippen molar-refractivity contribution in [3.8, 4) is 0 Å². The summed E-state index contributed by atoms with van der Waals surface area (Å²) >= 11 is 0. The monoisotopic (exact) mass is 346 g/mol. The van der Waals surface area contributed by atoms with E-state index in [-0.39, 0.29) is 19.4 Å². The zero-order valence-electron chi connectivity index (χ0n) is 14.4. The van der Waals surface area contributed by atoms with Gasteiger partial charge in [0, 0.05) is 6.54 Å². The summed E-state index contributed by atoms with van der Waals surface area (Å²) in [4.78, 5) is 38.7. The van der Waals surface area contributed by atoms with Gasteiger partial charge in [-0.25, -0.2) is 14.5 Å². The van der Waals surface area contributed by atoms with E-state index in [0.717, 1.165) is 4.90 Å². The second kappa shape index (κ2) is 10.4. The molecule has 0 aromatic carbocycles. The van der Waals surface area contributed by atoms with Crippen molar-refractivity contribution in [2.75, 3.05) is 6.54 Å². The number of carboxylic acid groups (broad SMARTS) is 1. The second-order valence-electron chi connectivity index (χ2n) is 5.57. The predicted octanol–water partition coefficient (Wildman–Crippen LogP) is 0.885. The average Bonchev–Trinajstić information content (AvgIpc) is 2.40. The number of nitrogens with zero attached hydrogens (tertiary/aromatic N) is 2.